The van der Waals surface area contributed by atoms with Gasteiger partial charge in [-0.2, -0.15) is 0 Å². The van der Waals surface area contributed by atoms with E-state index in [1.807, 2.05) is 25.1 Å². The molecule has 1 atom stereocenters. The molecule has 78 valence electrons. The maximum absolute atomic E-state index is 10.2. The first-order valence-corrected chi connectivity index (χ1v) is 5.35. The number of anilines is 1. The fourth-order valence-electron chi connectivity index (χ4n) is 1.27. The summed E-state index contributed by atoms with van der Waals surface area (Å²) in [6.45, 7) is 2.38. The molecular formula is C9H13N2O2S-. The summed E-state index contributed by atoms with van der Waals surface area (Å²) in [7, 11) is 0. The van der Waals surface area contributed by atoms with Crippen LogP contribution in [0.5, 0.6) is 0 Å². The Balaban J connectivity index is 2.55. The van der Waals surface area contributed by atoms with Crippen molar-refractivity contribution in [1.82, 2.24) is 4.72 Å². The lowest BCUT2D eigenvalue weighted by Gasteiger charge is -2.09. The molecule has 0 saturated carbocycles. The predicted molar refractivity (Wildman–Crippen MR) is 56.2 cm³/mol. The molecule has 1 aromatic carbocycles. The van der Waals surface area contributed by atoms with Crippen LogP contribution in [-0.2, 0) is 17.7 Å². The first kappa shape index (κ1) is 11.2. The zero-order chi connectivity index (χ0) is 10.6. The Morgan fingerprint density at radius 2 is 2.29 bits per heavy atom. The number of rotatable bonds is 4. The van der Waals surface area contributed by atoms with Crippen molar-refractivity contribution in [2.24, 2.45) is 0 Å². The summed E-state index contributed by atoms with van der Waals surface area (Å²) >= 11 is -2.17. The summed E-state index contributed by atoms with van der Waals surface area (Å²) < 4.78 is 22.7. The van der Waals surface area contributed by atoms with Crippen LogP contribution in [0.15, 0.2) is 18.2 Å². The minimum atomic E-state index is -2.17. The molecule has 0 fully saturated rings. The first-order valence-electron chi connectivity index (χ1n) is 4.27. The molecule has 14 heavy (non-hydrogen) atoms. The van der Waals surface area contributed by atoms with E-state index >= 15 is 0 Å². The average Bonchev–Trinajstić information content (AvgIpc) is 2.08. The third-order valence-electron chi connectivity index (χ3n) is 1.98. The molecule has 1 rings (SSSR count). The lowest BCUT2D eigenvalue weighted by molar-refractivity contribution is 0.523. The average molecular weight is 213 g/mol. The zero-order valence-corrected chi connectivity index (χ0v) is 8.76. The Morgan fingerprint density at radius 3 is 2.86 bits per heavy atom. The van der Waals surface area contributed by atoms with Gasteiger partial charge in [-0.15, -0.1) is 0 Å². The molecule has 5 heteroatoms. The van der Waals surface area contributed by atoms with Crippen LogP contribution >= 0.6 is 0 Å². The second-order valence-corrected chi connectivity index (χ2v) is 3.82. The van der Waals surface area contributed by atoms with Crippen LogP contribution in [-0.4, -0.2) is 15.3 Å². The molecule has 0 spiro atoms. The van der Waals surface area contributed by atoms with Crippen molar-refractivity contribution in [3.63, 3.8) is 0 Å². The highest BCUT2D eigenvalue weighted by molar-refractivity contribution is 7.77. The minimum Gasteiger partial charge on any atom is -0.760 e. The Kier molecular flexibility index (Phi) is 4.06. The first-order chi connectivity index (χ1) is 6.59. The summed E-state index contributed by atoms with van der Waals surface area (Å²) in [5, 5.41) is 0. The Bertz CT molecular complexity index is 342. The Labute approximate surface area is 85.9 Å². The van der Waals surface area contributed by atoms with E-state index in [-0.39, 0.29) is 0 Å². The van der Waals surface area contributed by atoms with Crippen LogP contribution in [0.4, 0.5) is 5.69 Å². The number of nitrogens with one attached hydrogen (secondary N) is 1. The largest absolute Gasteiger partial charge is 0.760 e. The summed E-state index contributed by atoms with van der Waals surface area (Å²) in [4.78, 5) is 0. The van der Waals surface area contributed by atoms with E-state index in [1.165, 1.54) is 0 Å². The summed E-state index contributed by atoms with van der Waals surface area (Å²) in [5.41, 5.74) is 8.51. The lowest BCUT2D eigenvalue weighted by Crippen LogP contribution is -2.19. The molecule has 1 aromatic rings. The van der Waals surface area contributed by atoms with Crippen molar-refractivity contribution in [3.8, 4) is 0 Å². The van der Waals surface area contributed by atoms with Crippen molar-refractivity contribution in [2.75, 3.05) is 12.3 Å². The SMILES string of the molecule is Cc1cc(N)ccc1CCNS(=O)[O-]. The molecule has 4 nitrogen and oxygen atoms in total. The third-order valence-corrected chi connectivity index (χ3v) is 2.42. The molecule has 0 radical (unpaired) electrons. The predicted octanol–water partition coefficient (Wildman–Crippen LogP) is 0.503. The van der Waals surface area contributed by atoms with Gasteiger partial charge in [0.05, 0.1) is 0 Å². The summed E-state index contributed by atoms with van der Waals surface area (Å²) in [6, 6.07) is 5.61. The lowest BCUT2D eigenvalue weighted by atomic mass is 10.1. The second-order valence-electron chi connectivity index (χ2n) is 3.06. The van der Waals surface area contributed by atoms with Gasteiger partial charge in [0.15, 0.2) is 0 Å². The molecule has 3 N–H and O–H groups in total. The van der Waals surface area contributed by atoms with Crippen LogP contribution in [0.25, 0.3) is 0 Å². The molecule has 0 aliphatic carbocycles. The second kappa shape index (κ2) is 5.09. The van der Waals surface area contributed by atoms with E-state index in [2.05, 4.69) is 4.72 Å². The van der Waals surface area contributed by atoms with Gasteiger partial charge in [-0.3, -0.25) is 4.21 Å². The van der Waals surface area contributed by atoms with Crippen LogP contribution < -0.4 is 10.5 Å². The highest BCUT2D eigenvalue weighted by Gasteiger charge is 1.98. The number of nitrogens with two attached hydrogens (primary N) is 1. The molecule has 0 bridgehead atoms. The van der Waals surface area contributed by atoms with Crippen LogP contribution in [0.3, 0.4) is 0 Å². The quantitative estimate of drug-likeness (QED) is 0.565. The molecule has 0 heterocycles. The van der Waals surface area contributed by atoms with Crippen molar-refractivity contribution >= 4 is 17.0 Å². The molecule has 1 unspecified atom stereocenters. The van der Waals surface area contributed by atoms with Gasteiger partial charge in [-0.25, -0.2) is 4.72 Å². The number of aryl methyl sites for hydroxylation is 1. The van der Waals surface area contributed by atoms with Crippen LogP contribution in [0.1, 0.15) is 11.1 Å². The van der Waals surface area contributed by atoms with Crippen molar-refractivity contribution in [1.29, 1.82) is 0 Å². The van der Waals surface area contributed by atoms with Gasteiger partial charge in [0.25, 0.3) is 0 Å². The van der Waals surface area contributed by atoms with E-state index in [0.717, 1.165) is 16.8 Å². The number of nitrogen functional groups attached to an aromatic ring is 1. The highest BCUT2D eigenvalue weighted by atomic mass is 32.2. The zero-order valence-electron chi connectivity index (χ0n) is 7.95. The minimum absolute atomic E-state index is 0.418. The maximum atomic E-state index is 10.2. The number of hydrogen-bond donors (Lipinski definition) is 2. The van der Waals surface area contributed by atoms with Gasteiger partial charge in [0, 0.05) is 23.5 Å². The van der Waals surface area contributed by atoms with Gasteiger partial charge in [0.1, 0.15) is 0 Å². The van der Waals surface area contributed by atoms with Gasteiger partial charge in [-0.05, 0) is 36.6 Å². The number of benzene rings is 1. The Hall–Kier alpha value is -0.910. The van der Waals surface area contributed by atoms with E-state index in [4.69, 9.17) is 5.73 Å². The van der Waals surface area contributed by atoms with Crippen molar-refractivity contribution in [3.05, 3.63) is 29.3 Å². The standard InChI is InChI=1S/C9H14N2O2S/c1-7-6-9(10)3-2-8(7)4-5-11-14(12)13/h2-3,6,11H,4-5,10H2,1H3,(H,12,13)/p-1. The molecule has 0 aromatic heterocycles. The van der Waals surface area contributed by atoms with Gasteiger partial charge in [-0.1, -0.05) is 6.07 Å². The molecule has 0 saturated heterocycles. The van der Waals surface area contributed by atoms with Gasteiger partial charge < -0.3 is 10.3 Å². The monoisotopic (exact) mass is 213 g/mol. The molecule has 0 aliphatic rings. The Morgan fingerprint density at radius 1 is 1.57 bits per heavy atom. The highest BCUT2D eigenvalue weighted by Crippen LogP contribution is 2.12. The molecular weight excluding hydrogens is 200 g/mol. The smallest absolute Gasteiger partial charge is 0.0316 e. The van der Waals surface area contributed by atoms with E-state index in [0.29, 0.717) is 13.0 Å². The van der Waals surface area contributed by atoms with Crippen molar-refractivity contribution < 1.29 is 8.76 Å². The molecule has 0 aliphatic heterocycles. The van der Waals surface area contributed by atoms with Crippen LogP contribution in [0, 0.1) is 6.92 Å². The summed E-state index contributed by atoms with van der Waals surface area (Å²) in [6.07, 6.45) is 0.681. The fourth-order valence-corrected chi connectivity index (χ4v) is 1.54. The van der Waals surface area contributed by atoms with E-state index in [9.17, 15) is 8.76 Å². The van der Waals surface area contributed by atoms with E-state index < -0.39 is 11.3 Å². The van der Waals surface area contributed by atoms with Crippen LogP contribution in [0.2, 0.25) is 0 Å². The fraction of sp³-hybridized carbons (Fsp3) is 0.333. The summed E-state index contributed by atoms with van der Waals surface area (Å²) in [5.74, 6) is 0. The van der Waals surface area contributed by atoms with Crippen molar-refractivity contribution in [2.45, 2.75) is 13.3 Å². The van der Waals surface area contributed by atoms with E-state index in [1.54, 1.807) is 0 Å². The van der Waals surface area contributed by atoms with Gasteiger partial charge >= 0.3 is 0 Å². The van der Waals surface area contributed by atoms with Gasteiger partial charge in [0.2, 0.25) is 0 Å². The third kappa shape index (κ3) is 3.45. The topological polar surface area (TPSA) is 78.2 Å². The normalized spacial score (nSPS) is 12.7. The maximum Gasteiger partial charge on any atom is 0.0316 e. The molecule has 0 amide bonds. The number of hydrogen-bond acceptors (Lipinski definition) is 3.